The fourth-order valence-corrected chi connectivity index (χ4v) is 3.39. The molecule has 2 atom stereocenters. The van der Waals surface area contributed by atoms with Crippen molar-refractivity contribution in [2.24, 2.45) is 7.05 Å². The predicted molar refractivity (Wildman–Crippen MR) is 85.9 cm³/mol. The zero-order valence-corrected chi connectivity index (χ0v) is 13.6. The smallest absolute Gasteiger partial charge is 0.267 e. The van der Waals surface area contributed by atoms with Crippen LogP contribution in [0.15, 0.2) is 30.6 Å². The molecule has 2 aliphatic heterocycles. The molecule has 0 aliphatic carbocycles. The summed E-state index contributed by atoms with van der Waals surface area (Å²) < 4.78 is 13.4. The lowest BCUT2D eigenvalue weighted by Crippen LogP contribution is -2.49. The minimum atomic E-state index is -0.585. The predicted octanol–water partition coefficient (Wildman–Crippen LogP) is 1.36. The molecule has 1 amide bonds. The second-order valence-electron chi connectivity index (χ2n) is 6.29. The molecule has 7 heteroatoms. The van der Waals surface area contributed by atoms with Gasteiger partial charge in [-0.25, -0.2) is 0 Å². The van der Waals surface area contributed by atoms with Crippen LogP contribution in [-0.4, -0.2) is 51.4 Å². The van der Waals surface area contributed by atoms with Crippen LogP contribution in [0.5, 0.6) is 11.5 Å². The lowest BCUT2D eigenvalue weighted by molar-refractivity contribution is -0.142. The molecule has 0 bridgehead atoms. The molecule has 0 unspecified atom stereocenters. The van der Waals surface area contributed by atoms with Crippen LogP contribution in [0, 0.1) is 0 Å². The Bertz CT molecular complexity index is 745. The maximum Gasteiger partial charge on any atom is 0.267 e. The van der Waals surface area contributed by atoms with Crippen LogP contribution in [0.25, 0.3) is 0 Å². The Hall–Kier alpha value is -2.57. The standard InChI is InChI=1S/C17H20N4O3/c1-20-11-18-19-16(20)12-5-4-8-21(9-12)17(22)15-10-23-13-6-2-3-7-14(13)24-15/h2-3,6-7,11-12,15H,4-5,8-10H2,1H3/t12-,15+/m1/s1. The van der Waals surface area contributed by atoms with Gasteiger partial charge in [0.1, 0.15) is 18.8 Å². The van der Waals surface area contributed by atoms with E-state index in [4.69, 9.17) is 9.47 Å². The molecule has 2 aliphatic rings. The largest absolute Gasteiger partial charge is 0.485 e. The highest BCUT2D eigenvalue weighted by atomic mass is 16.6. The van der Waals surface area contributed by atoms with E-state index in [2.05, 4.69) is 10.2 Å². The first kappa shape index (κ1) is 15.0. The maximum atomic E-state index is 12.8. The molecule has 1 aromatic carbocycles. The molecule has 4 rings (SSSR count). The Kier molecular flexibility index (Phi) is 3.84. The van der Waals surface area contributed by atoms with Gasteiger partial charge in [0, 0.05) is 26.1 Å². The molecule has 0 N–H and O–H groups in total. The SMILES string of the molecule is Cn1cnnc1[C@@H]1CCCN(C(=O)[C@@H]2COc3ccccc3O2)C1. The van der Waals surface area contributed by atoms with Crippen LogP contribution in [0.4, 0.5) is 0 Å². The molecule has 2 aromatic rings. The molecule has 7 nitrogen and oxygen atoms in total. The number of fused-ring (bicyclic) bond motifs is 1. The highest BCUT2D eigenvalue weighted by Crippen LogP contribution is 2.32. The molecule has 24 heavy (non-hydrogen) atoms. The van der Waals surface area contributed by atoms with Gasteiger partial charge in [-0.1, -0.05) is 12.1 Å². The first-order valence-corrected chi connectivity index (χ1v) is 8.23. The van der Waals surface area contributed by atoms with E-state index in [-0.39, 0.29) is 18.4 Å². The second kappa shape index (κ2) is 6.14. The van der Waals surface area contributed by atoms with E-state index in [1.165, 1.54) is 0 Å². The third kappa shape index (κ3) is 2.70. The van der Waals surface area contributed by atoms with Crippen molar-refractivity contribution >= 4 is 5.91 Å². The Morgan fingerprint density at radius 1 is 1.29 bits per heavy atom. The topological polar surface area (TPSA) is 69.5 Å². The van der Waals surface area contributed by atoms with E-state index in [0.717, 1.165) is 25.2 Å². The zero-order valence-electron chi connectivity index (χ0n) is 13.6. The van der Waals surface area contributed by atoms with Crippen LogP contribution in [0.1, 0.15) is 24.6 Å². The van der Waals surface area contributed by atoms with Gasteiger partial charge < -0.3 is 18.9 Å². The number of aromatic nitrogens is 3. The van der Waals surface area contributed by atoms with Gasteiger partial charge in [-0.15, -0.1) is 10.2 Å². The number of ether oxygens (including phenoxy) is 2. The number of aryl methyl sites for hydroxylation is 1. The van der Waals surface area contributed by atoms with E-state index in [1.807, 2.05) is 40.8 Å². The fraction of sp³-hybridized carbons (Fsp3) is 0.471. The number of benzene rings is 1. The van der Waals surface area contributed by atoms with Crippen LogP contribution in [0.3, 0.4) is 0 Å². The normalized spacial score (nSPS) is 23.1. The van der Waals surface area contributed by atoms with Crippen molar-refractivity contribution in [1.29, 1.82) is 0 Å². The second-order valence-corrected chi connectivity index (χ2v) is 6.29. The van der Waals surface area contributed by atoms with Crippen molar-refractivity contribution in [3.63, 3.8) is 0 Å². The number of carbonyl (C=O) groups is 1. The molecule has 1 aromatic heterocycles. The molecular weight excluding hydrogens is 308 g/mol. The van der Waals surface area contributed by atoms with Gasteiger partial charge in [0.2, 0.25) is 6.10 Å². The first-order valence-electron chi connectivity index (χ1n) is 8.23. The van der Waals surface area contributed by atoms with Crippen molar-refractivity contribution in [2.45, 2.75) is 24.9 Å². The number of rotatable bonds is 2. The average molecular weight is 328 g/mol. The molecule has 3 heterocycles. The van der Waals surface area contributed by atoms with Crippen molar-refractivity contribution in [2.75, 3.05) is 19.7 Å². The van der Waals surface area contributed by atoms with Gasteiger partial charge >= 0.3 is 0 Å². The molecule has 1 fully saturated rings. The minimum absolute atomic E-state index is 0.0172. The third-order valence-corrected chi connectivity index (χ3v) is 4.63. The molecular formula is C17H20N4O3. The summed E-state index contributed by atoms with van der Waals surface area (Å²) in [6.45, 7) is 1.64. The lowest BCUT2D eigenvalue weighted by atomic mass is 9.96. The van der Waals surface area contributed by atoms with Gasteiger partial charge in [0.15, 0.2) is 11.5 Å². The van der Waals surface area contributed by atoms with Crippen LogP contribution in [-0.2, 0) is 11.8 Å². The number of hydrogen-bond acceptors (Lipinski definition) is 5. The number of nitrogens with zero attached hydrogens (tertiary/aromatic N) is 4. The number of para-hydroxylation sites is 2. The third-order valence-electron chi connectivity index (χ3n) is 4.63. The summed E-state index contributed by atoms with van der Waals surface area (Å²) in [7, 11) is 1.94. The van der Waals surface area contributed by atoms with Crippen molar-refractivity contribution in [3.05, 3.63) is 36.4 Å². The van der Waals surface area contributed by atoms with Crippen LogP contribution in [0.2, 0.25) is 0 Å². The zero-order chi connectivity index (χ0) is 16.5. The number of hydrogen-bond donors (Lipinski definition) is 0. The molecule has 0 radical (unpaired) electrons. The monoisotopic (exact) mass is 328 g/mol. The van der Waals surface area contributed by atoms with Gasteiger partial charge in [0.25, 0.3) is 5.91 Å². The average Bonchev–Trinajstić information content (AvgIpc) is 3.07. The van der Waals surface area contributed by atoms with E-state index in [1.54, 1.807) is 6.33 Å². The van der Waals surface area contributed by atoms with Gasteiger partial charge in [0.05, 0.1) is 0 Å². The quantitative estimate of drug-likeness (QED) is 0.832. The number of likely N-dealkylation sites (tertiary alicyclic amines) is 1. The first-order chi connectivity index (χ1) is 11.7. The highest BCUT2D eigenvalue weighted by molar-refractivity contribution is 5.82. The van der Waals surface area contributed by atoms with Crippen molar-refractivity contribution < 1.29 is 14.3 Å². The molecule has 0 saturated carbocycles. The summed E-state index contributed by atoms with van der Waals surface area (Å²) in [6, 6.07) is 7.44. The fourth-order valence-electron chi connectivity index (χ4n) is 3.39. The van der Waals surface area contributed by atoms with E-state index in [0.29, 0.717) is 18.0 Å². The van der Waals surface area contributed by atoms with Crippen molar-refractivity contribution in [1.82, 2.24) is 19.7 Å². The number of piperidine rings is 1. The number of amides is 1. The maximum absolute atomic E-state index is 12.8. The summed E-state index contributed by atoms with van der Waals surface area (Å²) in [6.07, 6.45) is 3.08. The molecule has 1 saturated heterocycles. The summed E-state index contributed by atoms with van der Waals surface area (Å²) in [5.74, 6) is 2.45. The van der Waals surface area contributed by atoms with Gasteiger partial charge in [-0.3, -0.25) is 4.79 Å². The lowest BCUT2D eigenvalue weighted by Gasteiger charge is -2.35. The molecule has 126 valence electrons. The summed E-state index contributed by atoms with van der Waals surface area (Å²) in [5, 5.41) is 8.14. The Morgan fingerprint density at radius 3 is 2.92 bits per heavy atom. The van der Waals surface area contributed by atoms with Crippen LogP contribution < -0.4 is 9.47 Å². The Morgan fingerprint density at radius 2 is 2.12 bits per heavy atom. The minimum Gasteiger partial charge on any atom is -0.485 e. The van der Waals surface area contributed by atoms with E-state index >= 15 is 0 Å². The van der Waals surface area contributed by atoms with Crippen LogP contribution >= 0.6 is 0 Å². The van der Waals surface area contributed by atoms with E-state index in [9.17, 15) is 4.79 Å². The van der Waals surface area contributed by atoms with E-state index < -0.39 is 6.10 Å². The molecule has 0 spiro atoms. The van der Waals surface area contributed by atoms with Gasteiger partial charge in [-0.05, 0) is 25.0 Å². The van der Waals surface area contributed by atoms with Gasteiger partial charge in [-0.2, -0.15) is 0 Å². The van der Waals surface area contributed by atoms with Crippen molar-refractivity contribution in [3.8, 4) is 11.5 Å². The summed E-state index contributed by atoms with van der Waals surface area (Å²) >= 11 is 0. The highest BCUT2D eigenvalue weighted by Gasteiger charge is 2.34. The number of carbonyl (C=O) groups excluding carboxylic acids is 1. The Balaban J connectivity index is 1.46. The summed E-state index contributed by atoms with van der Waals surface area (Å²) in [5.41, 5.74) is 0. The summed E-state index contributed by atoms with van der Waals surface area (Å²) in [4.78, 5) is 14.7. The Labute approximate surface area is 140 Å².